The number of aromatic nitrogens is 3. The Morgan fingerprint density at radius 3 is 2.61 bits per heavy atom. The topological polar surface area (TPSA) is 110 Å². The summed E-state index contributed by atoms with van der Waals surface area (Å²) in [7, 11) is -1.80. The van der Waals surface area contributed by atoms with Crippen molar-refractivity contribution in [3.63, 3.8) is 0 Å². The van der Waals surface area contributed by atoms with Gasteiger partial charge in [-0.3, -0.25) is 4.79 Å². The van der Waals surface area contributed by atoms with Crippen LogP contribution in [0.3, 0.4) is 0 Å². The number of carbonyl (C=O) groups is 1. The molecule has 33 heavy (non-hydrogen) atoms. The minimum atomic E-state index is -3.61. The van der Waals surface area contributed by atoms with Crippen LogP contribution < -0.4 is 5.32 Å². The standard InChI is InChI=1S/C22H27N5O4S2/c1-16-9-10-17(14-19(16)33(29,30)27-11-5-3-4-6-12-27)23-20(28)15-32-22-25-24-21(26(22)2)18-8-7-13-31-18/h7-10,13-14H,3-6,11-12,15H2,1-2H3,(H,23,28). The van der Waals surface area contributed by atoms with Crippen LogP contribution in [0.4, 0.5) is 5.69 Å². The second-order valence-electron chi connectivity index (χ2n) is 7.98. The van der Waals surface area contributed by atoms with E-state index in [1.807, 2.05) is 0 Å². The first-order chi connectivity index (χ1) is 15.9. The van der Waals surface area contributed by atoms with Gasteiger partial charge in [0.2, 0.25) is 15.9 Å². The molecule has 0 saturated carbocycles. The first kappa shape index (κ1) is 23.5. The average molecular weight is 490 g/mol. The highest BCUT2D eigenvalue weighted by atomic mass is 32.2. The number of aryl methyl sites for hydroxylation is 1. The molecule has 0 unspecified atom stereocenters. The highest BCUT2D eigenvalue weighted by Gasteiger charge is 2.27. The lowest BCUT2D eigenvalue weighted by Crippen LogP contribution is -2.32. The molecule has 1 aromatic carbocycles. The third kappa shape index (κ3) is 5.31. The predicted octanol–water partition coefficient (Wildman–Crippen LogP) is 3.68. The average Bonchev–Trinajstić information content (AvgIpc) is 3.34. The van der Waals surface area contributed by atoms with Crippen LogP contribution >= 0.6 is 11.8 Å². The predicted molar refractivity (Wildman–Crippen MR) is 126 cm³/mol. The van der Waals surface area contributed by atoms with Gasteiger partial charge in [-0.1, -0.05) is 30.7 Å². The summed E-state index contributed by atoms with van der Waals surface area (Å²) >= 11 is 1.24. The van der Waals surface area contributed by atoms with Crippen LogP contribution in [-0.4, -0.2) is 52.2 Å². The van der Waals surface area contributed by atoms with Gasteiger partial charge in [-0.25, -0.2) is 8.42 Å². The van der Waals surface area contributed by atoms with E-state index in [9.17, 15) is 13.2 Å². The lowest BCUT2D eigenvalue weighted by Gasteiger charge is -2.21. The van der Waals surface area contributed by atoms with E-state index in [-0.39, 0.29) is 16.6 Å². The summed E-state index contributed by atoms with van der Waals surface area (Å²) in [5.41, 5.74) is 1.12. The van der Waals surface area contributed by atoms with Crippen molar-refractivity contribution in [2.24, 2.45) is 7.05 Å². The molecule has 2 aromatic heterocycles. The Morgan fingerprint density at radius 2 is 1.91 bits per heavy atom. The van der Waals surface area contributed by atoms with Gasteiger partial charge >= 0.3 is 0 Å². The molecule has 0 spiro atoms. The monoisotopic (exact) mass is 489 g/mol. The van der Waals surface area contributed by atoms with Gasteiger partial charge in [-0.15, -0.1) is 10.2 Å². The van der Waals surface area contributed by atoms with E-state index in [2.05, 4.69) is 15.5 Å². The van der Waals surface area contributed by atoms with Crippen molar-refractivity contribution in [2.45, 2.75) is 42.7 Å². The van der Waals surface area contributed by atoms with Crippen molar-refractivity contribution in [2.75, 3.05) is 24.2 Å². The number of amides is 1. The summed E-state index contributed by atoms with van der Waals surface area (Å²) in [6.07, 6.45) is 5.40. The molecular weight excluding hydrogens is 462 g/mol. The van der Waals surface area contributed by atoms with Crippen molar-refractivity contribution in [1.29, 1.82) is 0 Å². The minimum absolute atomic E-state index is 0.103. The summed E-state index contributed by atoms with van der Waals surface area (Å²) < 4.78 is 35.1. The number of nitrogens with one attached hydrogen (secondary N) is 1. The molecule has 1 aliphatic rings. The largest absolute Gasteiger partial charge is 0.461 e. The van der Waals surface area contributed by atoms with Crippen LogP contribution in [0, 0.1) is 6.92 Å². The van der Waals surface area contributed by atoms with Gasteiger partial charge in [-0.2, -0.15) is 4.31 Å². The molecule has 0 radical (unpaired) electrons. The molecule has 3 heterocycles. The maximum Gasteiger partial charge on any atom is 0.243 e. The van der Waals surface area contributed by atoms with Crippen molar-refractivity contribution in [3.05, 3.63) is 42.2 Å². The Kier molecular flexibility index (Phi) is 7.20. The second-order valence-corrected chi connectivity index (χ2v) is 10.8. The molecule has 3 aromatic rings. The van der Waals surface area contributed by atoms with Crippen LogP contribution in [-0.2, 0) is 21.9 Å². The SMILES string of the molecule is Cc1ccc(NC(=O)CSc2nnc(-c3ccco3)n2C)cc1S(=O)(=O)N1CCCCCC1. The minimum Gasteiger partial charge on any atom is -0.461 e. The molecule has 1 saturated heterocycles. The molecule has 0 aliphatic carbocycles. The molecular formula is C22H27N5O4S2. The van der Waals surface area contributed by atoms with Crippen LogP contribution in [0.15, 0.2) is 51.1 Å². The third-order valence-electron chi connectivity index (χ3n) is 5.56. The lowest BCUT2D eigenvalue weighted by atomic mass is 10.2. The smallest absolute Gasteiger partial charge is 0.243 e. The lowest BCUT2D eigenvalue weighted by molar-refractivity contribution is -0.113. The number of hydrogen-bond acceptors (Lipinski definition) is 7. The Morgan fingerprint density at radius 1 is 1.15 bits per heavy atom. The zero-order valence-electron chi connectivity index (χ0n) is 18.7. The fraction of sp³-hybridized carbons (Fsp3) is 0.409. The molecule has 4 rings (SSSR count). The number of hydrogen-bond donors (Lipinski definition) is 1. The fourth-order valence-corrected chi connectivity index (χ4v) is 6.24. The van der Waals surface area contributed by atoms with E-state index in [4.69, 9.17) is 4.42 Å². The van der Waals surface area contributed by atoms with Gasteiger partial charge in [0.1, 0.15) is 0 Å². The zero-order chi connectivity index (χ0) is 23.4. The quantitative estimate of drug-likeness (QED) is 0.504. The molecule has 11 heteroatoms. The maximum absolute atomic E-state index is 13.2. The number of nitrogens with zero attached hydrogens (tertiary/aromatic N) is 4. The molecule has 1 fully saturated rings. The van der Waals surface area contributed by atoms with Crippen LogP contribution in [0.25, 0.3) is 11.6 Å². The Labute approximate surface area is 197 Å². The van der Waals surface area contributed by atoms with Crippen LogP contribution in [0.5, 0.6) is 0 Å². The molecule has 0 bridgehead atoms. The van der Waals surface area contributed by atoms with Crippen molar-refractivity contribution < 1.29 is 17.6 Å². The van der Waals surface area contributed by atoms with E-state index in [0.717, 1.165) is 25.7 Å². The molecule has 1 N–H and O–H groups in total. The van der Waals surface area contributed by atoms with Crippen LogP contribution in [0.2, 0.25) is 0 Å². The van der Waals surface area contributed by atoms with E-state index in [1.165, 1.54) is 11.8 Å². The molecule has 1 amide bonds. The van der Waals surface area contributed by atoms with Gasteiger partial charge in [0.25, 0.3) is 0 Å². The summed E-state index contributed by atoms with van der Waals surface area (Å²) in [6, 6.07) is 8.56. The van der Waals surface area contributed by atoms with Gasteiger partial charge in [0.15, 0.2) is 16.7 Å². The number of furan rings is 1. The number of sulfonamides is 1. The summed E-state index contributed by atoms with van der Waals surface area (Å²) in [4.78, 5) is 12.8. The highest BCUT2D eigenvalue weighted by molar-refractivity contribution is 7.99. The maximum atomic E-state index is 13.2. The number of carbonyl (C=O) groups excluding carboxylic acids is 1. The van der Waals surface area contributed by atoms with E-state index < -0.39 is 10.0 Å². The molecule has 0 atom stereocenters. The first-order valence-electron chi connectivity index (χ1n) is 10.8. The van der Waals surface area contributed by atoms with Crippen LogP contribution in [0.1, 0.15) is 31.2 Å². The summed E-state index contributed by atoms with van der Waals surface area (Å²) in [5, 5.41) is 11.6. The molecule has 9 nitrogen and oxygen atoms in total. The fourth-order valence-electron chi connectivity index (χ4n) is 3.76. The van der Waals surface area contributed by atoms with Gasteiger partial charge < -0.3 is 14.3 Å². The zero-order valence-corrected chi connectivity index (χ0v) is 20.3. The highest BCUT2D eigenvalue weighted by Crippen LogP contribution is 2.27. The number of rotatable bonds is 7. The van der Waals surface area contributed by atoms with Gasteiger partial charge in [0, 0.05) is 25.8 Å². The van der Waals surface area contributed by atoms with E-state index in [0.29, 0.717) is 41.1 Å². The number of benzene rings is 1. The summed E-state index contributed by atoms with van der Waals surface area (Å²) in [5.74, 6) is 1.01. The number of thioether (sulfide) groups is 1. The summed E-state index contributed by atoms with van der Waals surface area (Å²) in [6.45, 7) is 2.84. The second kappa shape index (κ2) is 10.1. The Balaban J connectivity index is 1.43. The van der Waals surface area contributed by atoms with Gasteiger partial charge in [0.05, 0.1) is 16.9 Å². The molecule has 176 valence electrons. The third-order valence-corrected chi connectivity index (χ3v) is 8.62. The number of anilines is 1. The molecule has 1 aliphatic heterocycles. The van der Waals surface area contributed by atoms with Gasteiger partial charge in [-0.05, 0) is 49.6 Å². The van der Waals surface area contributed by atoms with E-state index >= 15 is 0 Å². The Bertz CT molecular complexity index is 1210. The Hall–Kier alpha value is -2.63. The van der Waals surface area contributed by atoms with Crippen molar-refractivity contribution in [3.8, 4) is 11.6 Å². The van der Waals surface area contributed by atoms with Crippen molar-refractivity contribution in [1.82, 2.24) is 19.1 Å². The first-order valence-corrected chi connectivity index (χ1v) is 13.3. The normalized spacial score (nSPS) is 15.3. The van der Waals surface area contributed by atoms with Crippen molar-refractivity contribution >= 4 is 33.4 Å². The van der Waals surface area contributed by atoms with E-state index in [1.54, 1.807) is 59.4 Å².